The van der Waals surface area contributed by atoms with E-state index in [9.17, 15) is 0 Å². The molecule has 1 heterocycles. The maximum atomic E-state index is 8.86. The van der Waals surface area contributed by atoms with E-state index in [-0.39, 0.29) is 7.48 Å². The number of benzene rings is 1. The van der Waals surface area contributed by atoms with Crippen molar-refractivity contribution in [3.63, 3.8) is 0 Å². The molecule has 1 aromatic carbocycles. The average Bonchev–Trinajstić information content (AvgIpc) is 2.38. The van der Waals surface area contributed by atoms with Gasteiger partial charge in [-0.25, -0.2) is 4.98 Å². The summed E-state index contributed by atoms with van der Waals surface area (Å²) in [6, 6.07) is 13.5. The number of nitrogens with zero attached hydrogens (tertiary/aromatic N) is 1. The van der Waals surface area contributed by atoms with E-state index in [0.29, 0.717) is 12.5 Å². The molecule has 0 atom stereocenters. The van der Waals surface area contributed by atoms with Crippen LogP contribution in [0.4, 0.5) is 0 Å². The summed E-state index contributed by atoms with van der Waals surface area (Å²) in [5, 5.41) is 8.86. The molecule has 0 fully saturated rings. The standard InChI is InChI=1S/C12H12BNO2/c15-13-11-6-7-12(14-8-11)16-9-10-4-2-1-3-5-10/h1-8,13,15H,9H2. The Labute approximate surface area is 95.0 Å². The van der Waals surface area contributed by atoms with Gasteiger partial charge in [-0.15, -0.1) is 0 Å². The lowest BCUT2D eigenvalue weighted by atomic mass is 9.91. The van der Waals surface area contributed by atoms with E-state index in [1.807, 2.05) is 30.3 Å². The lowest BCUT2D eigenvalue weighted by Gasteiger charge is -2.05. The van der Waals surface area contributed by atoms with Crippen molar-refractivity contribution in [1.82, 2.24) is 4.98 Å². The smallest absolute Gasteiger partial charge is 0.306 e. The summed E-state index contributed by atoms with van der Waals surface area (Å²) >= 11 is 0. The summed E-state index contributed by atoms with van der Waals surface area (Å²) in [5.74, 6) is 0.570. The summed E-state index contributed by atoms with van der Waals surface area (Å²) in [7, 11) is 0.00592. The molecule has 0 aliphatic carbocycles. The molecule has 0 aliphatic heterocycles. The Morgan fingerprint density at radius 2 is 1.94 bits per heavy atom. The minimum absolute atomic E-state index is 0.00592. The van der Waals surface area contributed by atoms with Crippen molar-refractivity contribution in [3.8, 4) is 5.88 Å². The van der Waals surface area contributed by atoms with Crippen LogP contribution in [0, 0.1) is 0 Å². The molecule has 0 saturated carbocycles. The maximum Gasteiger partial charge on any atom is 0.306 e. The molecule has 0 saturated heterocycles. The Bertz CT molecular complexity index is 431. The van der Waals surface area contributed by atoms with Crippen LogP contribution in [-0.4, -0.2) is 17.5 Å². The molecule has 0 radical (unpaired) electrons. The van der Waals surface area contributed by atoms with Crippen LogP contribution in [0.5, 0.6) is 5.88 Å². The highest BCUT2D eigenvalue weighted by Crippen LogP contribution is 2.06. The van der Waals surface area contributed by atoms with E-state index < -0.39 is 0 Å². The van der Waals surface area contributed by atoms with Gasteiger partial charge in [-0.3, -0.25) is 0 Å². The van der Waals surface area contributed by atoms with Crippen LogP contribution in [0.3, 0.4) is 0 Å². The van der Waals surface area contributed by atoms with Crippen molar-refractivity contribution in [1.29, 1.82) is 0 Å². The van der Waals surface area contributed by atoms with Gasteiger partial charge in [0.05, 0.1) is 0 Å². The second-order valence-electron chi connectivity index (χ2n) is 3.44. The Kier molecular flexibility index (Phi) is 3.56. The first kappa shape index (κ1) is 10.7. The molecule has 4 heteroatoms. The monoisotopic (exact) mass is 213 g/mol. The highest BCUT2D eigenvalue weighted by molar-refractivity contribution is 6.45. The highest BCUT2D eigenvalue weighted by atomic mass is 16.5. The maximum absolute atomic E-state index is 8.86. The number of hydrogen-bond acceptors (Lipinski definition) is 3. The number of ether oxygens (including phenoxy) is 1. The van der Waals surface area contributed by atoms with E-state index >= 15 is 0 Å². The van der Waals surface area contributed by atoms with E-state index in [2.05, 4.69) is 4.98 Å². The highest BCUT2D eigenvalue weighted by Gasteiger charge is 1.97. The molecule has 1 N–H and O–H groups in total. The predicted molar refractivity (Wildman–Crippen MR) is 64.0 cm³/mol. The molecule has 80 valence electrons. The first-order valence-corrected chi connectivity index (χ1v) is 5.11. The largest absolute Gasteiger partial charge is 0.473 e. The van der Waals surface area contributed by atoms with Crippen LogP contribution in [0.1, 0.15) is 5.56 Å². The molecule has 2 rings (SSSR count). The number of aromatic nitrogens is 1. The van der Waals surface area contributed by atoms with Crippen molar-refractivity contribution in [2.45, 2.75) is 6.61 Å². The number of rotatable bonds is 4. The summed E-state index contributed by atoms with van der Waals surface area (Å²) in [5.41, 5.74) is 1.89. The Hall–Kier alpha value is -1.81. The molecule has 3 nitrogen and oxygen atoms in total. The number of hydrogen-bond donors (Lipinski definition) is 1. The second kappa shape index (κ2) is 5.33. The summed E-state index contributed by atoms with van der Waals surface area (Å²) in [4.78, 5) is 4.08. The average molecular weight is 213 g/mol. The third-order valence-corrected chi connectivity index (χ3v) is 2.21. The zero-order valence-electron chi connectivity index (χ0n) is 8.84. The van der Waals surface area contributed by atoms with E-state index in [4.69, 9.17) is 9.76 Å². The Balaban J connectivity index is 1.94. The van der Waals surface area contributed by atoms with Gasteiger partial charge in [0.25, 0.3) is 0 Å². The van der Waals surface area contributed by atoms with Gasteiger partial charge < -0.3 is 9.76 Å². The van der Waals surface area contributed by atoms with Crippen molar-refractivity contribution >= 4 is 12.9 Å². The molecular weight excluding hydrogens is 201 g/mol. The van der Waals surface area contributed by atoms with Crippen molar-refractivity contribution < 1.29 is 9.76 Å². The first-order valence-electron chi connectivity index (χ1n) is 5.11. The molecule has 16 heavy (non-hydrogen) atoms. The molecular formula is C12H12BNO2. The SMILES string of the molecule is OBc1ccc(OCc2ccccc2)nc1. The van der Waals surface area contributed by atoms with Gasteiger partial charge in [0, 0.05) is 6.20 Å². The number of pyridine rings is 1. The van der Waals surface area contributed by atoms with Crippen LogP contribution < -0.4 is 10.2 Å². The van der Waals surface area contributed by atoms with Crippen molar-refractivity contribution in [2.24, 2.45) is 0 Å². The Morgan fingerprint density at radius 1 is 1.12 bits per heavy atom. The van der Waals surface area contributed by atoms with Crippen LogP contribution in [0.15, 0.2) is 48.7 Å². The van der Waals surface area contributed by atoms with Crippen molar-refractivity contribution in [3.05, 3.63) is 54.2 Å². The van der Waals surface area contributed by atoms with Crippen LogP contribution in [0.2, 0.25) is 0 Å². The quantitative estimate of drug-likeness (QED) is 0.757. The lowest BCUT2D eigenvalue weighted by molar-refractivity contribution is 0.294. The van der Waals surface area contributed by atoms with Crippen LogP contribution in [-0.2, 0) is 6.61 Å². The van der Waals surface area contributed by atoms with Gasteiger partial charge in [-0.05, 0) is 17.1 Å². The second-order valence-corrected chi connectivity index (χ2v) is 3.44. The minimum Gasteiger partial charge on any atom is -0.473 e. The molecule has 0 unspecified atom stereocenters. The lowest BCUT2D eigenvalue weighted by Crippen LogP contribution is -2.13. The minimum atomic E-state index is 0.00592. The molecule has 0 spiro atoms. The third-order valence-electron chi connectivity index (χ3n) is 2.21. The van der Waals surface area contributed by atoms with Gasteiger partial charge in [0.2, 0.25) is 5.88 Å². The first-order chi connectivity index (χ1) is 7.88. The zero-order chi connectivity index (χ0) is 11.2. The van der Waals surface area contributed by atoms with Gasteiger partial charge in [0.15, 0.2) is 0 Å². The third kappa shape index (κ3) is 2.84. The zero-order valence-corrected chi connectivity index (χ0v) is 8.84. The van der Waals surface area contributed by atoms with E-state index in [1.54, 1.807) is 18.3 Å². The van der Waals surface area contributed by atoms with Crippen LogP contribution >= 0.6 is 0 Å². The predicted octanol–water partition coefficient (Wildman–Crippen LogP) is 0.630. The summed E-state index contributed by atoms with van der Waals surface area (Å²) in [6.45, 7) is 0.506. The Morgan fingerprint density at radius 3 is 2.56 bits per heavy atom. The van der Waals surface area contributed by atoms with Gasteiger partial charge in [0.1, 0.15) is 6.61 Å². The van der Waals surface area contributed by atoms with Crippen LogP contribution in [0.25, 0.3) is 0 Å². The molecule has 0 aliphatic rings. The molecule has 0 bridgehead atoms. The van der Waals surface area contributed by atoms with Gasteiger partial charge in [-0.1, -0.05) is 36.4 Å². The molecule has 2 aromatic rings. The molecule has 1 aromatic heterocycles. The molecule has 0 amide bonds. The van der Waals surface area contributed by atoms with Gasteiger partial charge >= 0.3 is 7.48 Å². The fourth-order valence-electron chi connectivity index (χ4n) is 1.32. The fraction of sp³-hybridized carbons (Fsp3) is 0.0833. The van der Waals surface area contributed by atoms with E-state index in [1.165, 1.54) is 0 Å². The fourth-order valence-corrected chi connectivity index (χ4v) is 1.32. The normalized spacial score (nSPS) is 9.81. The van der Waals surface area contributed by atoms with Gasteiger partial charge in [-0.2, -0.15) is 0 Å². The van der Waals surface area contributed by atoms with E-state index in [0.717, 1.165) is 11.0 Å². The topological polar surface area (TPSA) is 42.4 Å². The summed E-state index contributed by atoms with van der Waals surface area (Å²) in [6.07, 6.45) is 1.61. The summed E-state index contributed by atoms with van der Waals surface area (Å²) < 4.78 is 5.50. The van der Waals surface area contributed by atoms with Crippen molar-refractivity contribution in [2.75, 3.05) is 0 Å².